The molecular weight excluding hydrogens is 270 g/mol. The van der Waals surface area contributed by atoms with Crippen LogP contribution in [0.15, 0.2) is 24.3 Å². The number of nitrogens with one attached hydrogen (secondary N) is 1. The van der Waals surface area contributed by atoms with Gasteiger partial charge in [0.05, 0.1) is 0 Å². The fraction of sp³-hybridized carbons (Fsp3) is 0.333. The number of benzene rings is 1. The second-order valence-corrected chi connectivity index (χ2v) is 4.81. The Morgan fingerprint density at radius 2 is 2.33 bits per heavy atom. The summed E-state index contributed by atoms with van der Waals surface area (Å²) in [5, 5.41) is 3.96. The van der Waals surface area contributed by atoms with E-state index in [0.717, 1.165) is 16.4 Å². The highest BCUT2D eigenvalue weighted by molar-refractivity contribution is 7.09. The average molecular weight is 284 g/mol. The SMILES string of the molecule is COC(C)c1nsc(Nc2cccc(CCl)c2)n1. The van der Waals surface area contributed by atoms with Gasteiger partial charge in [-0.3, -0.25) is 0 Å². The monoisotopic (exact) mass is 283 g/mol. The number of rotatable bonds is 5. The van der Waals surface area contributed by atoms with Crippen molar-refractivity contribution in [1.82, 2.24) is 9.36 Å². The summed E-state index contributed by atoms with van der Waals surface area (Å²) in [7, 11) is 1.64. The van der Waals surface area contributed by atoms with E-state index in [1.165, 1.54) is 11.5 Å². The lowest BCUT2D eigenvalue weighted by atomic mass is 10.2. The van der Waals surface area contributed by atoms with Gasteiger partial charge in [0.15, 0.2) is 5.82 Å². The van der Waals surface area contributed by atoms with Crippen LogP contribution in [0.5, 0.6) is 0 Å². The Morgan fingerprint density at radius 3 is 3.06 bits per heavy atom. The van der Waals surface area contributed by atoms with Crippen molar-refractivity contribution in [3.05, 3.63) is 35.7 Å². The quantitative estimate of drug-likeness (QED) is 0.850. The van der Waals surface area contributed by atoms with E-state index >= 15 is 0 Å². The number of alkyl halides is 1. The third kappa shape index (κ3) is 3.19. The molecule has 6 heteroatoms. The fourth-order valence-electron chi connectivity index (χ4n) is 1.41. The highest BCUT2D eigenvalue weighted by Crippen LogP contribution is 2.22. The predicted octanol–water partition coefficient (Wildman–Crippen LogP) is 3.73. The Labute approximate surface area is 115 Å². The van der Waals surface area contributed by atoms with Crippen molar-refractivity contribution < 1.29 is 4.74 Å². The number of methoxy groups -OCH3 is 1. The fourth-order valence-corrected chi connectivity index (χ4v) is 2.25. The zero-order valence-corrected chi connectivity index (χ0v) is 11.8. The minimum absolute atomic E-state index is 0.0917. The lowest BCUT2D eigenvalue weighted by Crippen LogP contribution is -1.98. The summed E-state index contributed by atoms with van der Waals surface area (Å²) in [6.07, 6.45) is -0.0917. The highest BCUT2D eigenvalue weighted by atomic mass is 35.5. The molecule has 0 aliphatic carbocycles. The van der Waals surface area contributed by atoms with E-state index in [0.29, 0.717) is 11.7 Å². The Hall–Kier alpha value is -1.17. The normalized spacial score (nSPS) is 12.4. The van der Waals surface area contributed by atoms with Crippen molar-refractivity contribution in [3.63, 3.8) is 0 Å². The first-order valence-electron chi connectivity index (χ1n) is 5.51. The smallest absolute Gasteiger partial charge is 0.207 e. The molecule has 1 N–H and O–H groups in total. The molecule has 96 valence electrons. The molecule has 1 atom stereocenters. The van der Waals surface area contributed by atoms with Crippen molar-refractivity contribution >= 4 is 34.0 Å². The van der Waals surface area contributed by atoms with Crippen LogP contribution >= 0.6 is 23.1 Å². The zero-order valence-electron chi connectivity index (χ0n) is 10.2. The van der Waals surface area contributed by atoms with Crippen molar-refractivity contribution in [1.29, 1.82) is 0 Å². The van der Waals surface area contributed by atoms with E-state index in [2.05, 4.69) is 14.7 Å². The molecule has 1 unspecified atom stereocenters. The average Bonchev–Trinajstić information content (AvgIpc) is 2.86. The molecular formula is C12H14ClN3OS. The van der Waals surface area contributed by atoms with E-state index < -0.39 is 0 Å². The second-order valence-electron chi connectivity index (χ2n) is 3.79. The van der Waals surface area contributed by atoms with E-state index in [-0.39, 0.29) is 6.10 Å². The highest BCUT2D eigenvalue weighted by Gasteiger charge is 2.11. The van der Waals surface area contributed by atoms with Crippen LogP contribution in [0.4, 0.5) is 10.8 Å². The maximum absolute atomic E-state index is 5.80. The number of aromatic nitrogens is 2. The molecule has 4 nitrogen and oxygen atoms in total. The van der Waals surface area contributed by atoms with Gasteiger partial charge in [0.2, 0.25) is 5.13 Å². The van der Waals surface area contributed by atoms with Gasteiger partial charge in [-0.25, -0.2) is 4.98 Å². The molecule has 0 saturated heterocycles. The zero-order chi connectivity index (χ0) is 13.0. The standard InChI is InChI=1S/C12H14ClN3OS/c1-8(17-2)11-15-12(18-16-11)14-10-5-3-4-9(6-10)7-13/h3-6,8H,7H2,1-2H3,(H,14,15,16). The summed E-state index contributed by atoms with van der Waals surface area (Å²) in [6.45, 7) is 1.92. The van der Waals surface area contributed by atoms with Gasteiger partial charge in [0.1, 0.15) is 6.10 Å². The van der Waals surface area contributed by atoms with Crippen molar-refractivity contribution in [2.45, 2.75) is 18.9 Å². The van der Waals surface area contributed by atoms with Crippen LogP contribution in [0.1, 0.15) is 24.4 Å². The van der Waals surface area contributed by atoms with Crippen LogP contribution in [-0.2, 0) is 10.6 Å². The van der Waals surface area contributed by atoms with Crippen LogP contribution in [-0.4, -0.2) is 16.5 Å². The van der Waals surface area contributed by atoms with Crippen LogP contribution in [0, 0.1) is 0 Å². The summed E-state index contributed by atoms with van der Waals surface area (Å²) in [4.78, 5) is 4.37. The maximum atomic E-state index is 5.80. The summed E-state index contributed by atoms with van der Waals surface area (Å²) in [5.74, 6) is 1.19. The lowest BCUT2D eigenvalue weighted by Gasteiger charge is -2.04. The largest absolute Gasteiger partial charge is 0.374 e. The molecule has 18 heavy (non-hydrogen) atoms. The molecule has 1 aromatic carbocycles. The molecule has 0 aliphatic rings. The number of halogens is 1. The summed E-state index contributed by atoms with van der Waals surface area (Å²) in [5.41, 5.74) is 2.03. The number of hydrogen-bond acceptors (Lipinski definition) is 5. The van der Waals surface area contributed by atoms with Gasteiger partial charge in [-0.05, 0) is 24.6 Å². The molecule has 1 aromatic heterocycles. The summed E-state index contributed by atoms with van der Waals surface area (Å²) in [6, 6.07) is 7.90. The topological polar surface area (TPSA) is 47.0 Å². The number of nitrogens with zero attached hydrogens (tertiary/aromatic N) is 2. The third-order valence-electron chi connectivity index (χ3n) is 2.49. The van der Waals surface area contributed by atoms with E-state index in [1.54, 1.807) is 7.11 Å². The summed E-state index contributed by atoms with van der Waals surface area (Å²) >= 11 is 7.11. The van der Waals surface area contributed by atoms with Crippen LogP contribution < -0.4 is 5.32 Å². The molecule has 0 saturated carbocycles. The van der Waals surface area contributed by atoms with Gasteiger partial charge in [-0.15, -0.1) is 11.6 Å². The molecule has 0 bridgehead atoms. The third-order valence-corrected chi connectivity index (χ3v) is 3.44. The molecule has 2 aromatic rings. The Balaban J connectivity index is 2.11. The number of hydrogen-bond donors (Lipinski definition) is 1. The molecule has 1 heterocycles. The first-order valence-corrected chi connectivity index (χ1v) is 6.82. The molecule has 0 amide bonds. The van der Waals surface area contributed by atoms with Crippen molar-refractivity contribution in [2.75, 3.05) is 12.4 Å². The Bertz CT molecular complexity index is 518. The lowest BCUT2D eigenvalue weighted by molar-refractivity contribution is 0.113. The molecule has 0 radical (unpaired) electrons. The van der Waals surface area contributed by atoms with E-state index in [1.807, 2.05) is 31.2 Å². The van der Waals surface area contributed by atoms with Gasteiger partial charge in [0.25, 0.3) is 0 Å². The molecule has 0 spiro atoms. The maximum Gasteiger partial charge on any atom is 0.207 e. The number of ether oxygens (including phenoxy) is 1. The first-order chi connectivity index (χ1) is 8.72. The van der Waals surface area contributed by atoms with Gasteiger partial charge < -0.3 is 10.1 Å². The molecule has 2 rings (SSSR count). The van der Waals surface area contributed by atoms with Gasteiger partial charge in [-0.1, -0.05) is 12.1 Å². The Morgan fingerprint density at radius 1 is 1.50 bits per heavy atom. The van der Waals surface area contributed by atoms with Crippen molar-refractivity contribution in [3.8, 4) is 0 Å². The van der Waals surface area contributed by atoms with Gasteiger partial charge in [0, 0.05) is 30.2 Å². The minimum atomic E-state index is -0.0917. The minimum Gasteiger partial charge on any atom is -0.374 e. The second kappa shape index (κ2) is 6.13. The molecule has 0 aliphatic heterocycles. The van der Waals surface area contributed by atoms with Crippen LogP contribution in [0.2, 0.25) is 0 Å². The first kappa shape index (κ1) is 13.3. The molecule has 0 fully saturated rings. The van der Waals surface area contributed by atoms with Crippen LogP contribution in [0.25, 0.3) is 0 Å². The predicted molar refractivity (Wildman–Crippen MR) is 74.6 cm³/mol. The summed E-state index contributed by atoms with van der Waals surface area (Å²) < 4.78 is 9.42. The van der Waals surface area contributed by atoms with E-state index in [4.69, 9.17) is 16.3 Å². The van der Waals surface area contributed by atoms with Gasteiger partial charge >= 0.3 is 0 Å². The van der Waals surface area contributed by atoms with Crippen LogP contribution in [0.3, 0.4) is 0 Å². The number of anilines is 2. The van der Waals surface area contributed by atoms with Crippen molar-refractivity contribution in [2.24, 2.45) is 0 Å². The van der Waals surface area contributed by atoms with Gasteiger partial charge in [-0.2, -0.15) is 4.37 Å². The van der Waals surface area contributed by atoms with E-state index in [9.17, 15) is 0 Å². The Kier molecular flexibility index (Phi) is 4.52.